The topological polar surface area (TPSA) is 69.7 Å². The van der Waals surface area contributed by atoms with Crippen molar-refractivity contribution in [3.05, 3.63) is 0 Å². The molecule has 0 fully saturated rings. The van der Waals surface area contributed by atoms with Crippen LogP contribution < -0.4 is 0 Å². The maximum absolute atomic E-state index is 10.8. The zero-order valence-corrected chi connectivity index (χ0v) is 7.66. The molecule has 0 aliphatic carbocycles. The van der Waals surface area contributed by atoms with Crippen LogP contribution >= 0.6 is 0 Å². The summed E-state index contributed by atoms with van der Waals surface area (Å²) < 4.78 is 8.86. The molecule has 0 spiro atoms. The molecule has 0 N–H and O–H groups in total. The number of ether oxygens (including phenoxy) is 2. The standard InChI is InChI=1S/C8H12O5.2Na.2H/c1-3-12-7(10)5-6(9)8(11)13-4-2;;;;/h3-5H2,1-2H3;;;;. The van der Waals surface area contributed by atoms with Gasteiger partial charge in [0.15, 0.2) is 0 Å². The third-order valence-electron chi connectivity index (χ3n) is 1.11. The number of Topliss-reactive ketones (excluding diaryl/α,β-unsaturated/α-hetero) is 1. The van der Waals surface area contributed by atoms with Gasteiger partial charge in [-0.25, -0.2) is 4.79 Å². The Balaban J connectivity index is -0.000000720. The fraction of sp³-hybridized carbons (Fsp3) is 0.625. The van der Waals surface area contributed by atoms with Crippen molar-refractivity contribution >= 4 is 76.8 Å². The summed E-state index contributed by atoms with van der Waals surface area (Å²) in [5.41, 5.74) is 0. The van der Waals surface area contributed by atoms with E-state index < -0.39 is 24.1 Å². The minimum atomic E-state index is -0.990. The van der Waals surface area contributed by atoms with Crippen LogP contribution in [-0.2, 0) is 23.9 Å². The Kier molecular flexibility index (Phi) is 17.7. The van der Waals surface area contributed by atoms with Gasteiger partial charge >= 0.3 is 71.1 Å². The second-order valence-electron chi connectivity index (χ2n) is 2.13. The van der Waals surface area contributed by atoms with Gasteiger partial charge in [0, 0.05) is 0 Å². The van der Waals surface area contributed by atoms with Gasteiger partial charge in [-0.2, -0.15) is 0 Å². The Bertz CT molecular complexity index is 217. The zero-order valence-electron chi connectivity index (χ0n) is 7.66. The molecule has 15 heavy (non-hydrogen) atoms. The van der Waals surface area contributed by atoms with E-state index in [0.29, 0.717) is 0 Å². The van der Waals surface area contributed by atoms with E-state index in [1.807, 2.05) is 0 Å². The van der Waals surface area contributed by atoms with Gasteiger partial charge in [0.1, 0.15) is 6.42 Å². The maximum atomic E-state index is 10.8. The molecule has 0 aromatic rings. The molecule has 0 saturated carbocycles. The Morgan fingerprint density at radius 2 is 1.40 bits per heavy atom. The molecule has 0 aromatic carbocycles. The van der Waals surface area contributed by atoms with Crippen molar-refractivity contribution in [3.63, 3.8) is 0 Å². The molecule has 0 aliphatic heterocycles. The second-order valence-corrected chi connectivity index (χ2v) is 2.13. The van der Waals surface area contributed by atoms with Crippen LogP contribution in [0.5, 0.6) is 0 Å². The van der Waals surface area contributed by atoms with Crippen molar-refractivity contribution < 1.29 is 23.9 Å². The van der Waals surface area contributed by atoms with Gasteiger partial charge < -0.3 is 9.47 Å². The molecule has 0 unspecified atom stereocenters. The molecular weight excluding hydrogens is 222 g/mol. The molecule has 7 heteroatoms. The van der Waals surface area contributed by atoms with E-state index in [1.54, 1.807) is 13.8 Å². The van der Waals surface area contributed by atoms with E-state index in [0.717, 1.165) is 0 Å². The van der Waals surface area contributed by atoms with Crippen molar-refractivity contribution in [3.8, 4) is 0 Å². The summed E-state index contributed by atoms with van der Waals surface area (Å²) in [5.74, 6) is -2.57. The van der Waals surface area contributed by atoms with Crippen molar-refractivity contribution in [2.75, 3.05) is 13.2 Å². The van der Waals surface area contributed by atoms with Crippen LogP contribution in [-0.4, -0.2) is 90.1 Å². The number of carbonyl (C=O) groups is 3. The van der Waals surface area contributed by atoms with Crippen LogP contribution in [0.25, 0.3) is 0 Å². The summed E-state index contributed by atoms with van der Waals surface area (Å²) in [4.78, 5) is 32.3. The van der Waals surface area contributed by atoms with Crippen LogP contribution in [0.3, 0.4) is 0 Å². The molecular formula is C8H14Na2O5. The fourth-order valence-electron chi connectivity index (χ4n) is 0.627. The summed E-state index contributed by atoms with van der Waals surface area (Å²) in [6.45, 7) is 3.50. The van der Waals surface area contributed by atoms with Gasteiger partial charge in [0.05, 0.1) is 13.2 Å². The number of hydrogen-bond acceptors (Lipinski definition) is 5. The first-order valence-electron chi connectivity index (χ1n) is 3.97. The third-order valence-corrected chi connectivity index (χ3v) is 1.11. The number of esters is 2. The predicted octanol–water partition coefficient (Wildman–Crippen LogP) is -1.23. The monoisotopic (exact) mass is 236 g/mol. The molecule has 0 amide bonds. The zero-order chi connectivity index (χ0) is 10.3. The molecule has 5 nitrogen and oxygen atoms in total. The summed E-state index contributed by atoms with van der Waals surface area (Å²) in [6.07, 6.45) is -0.549. The Hall–Kier alpha value is 0.610. The first-order chi connectivity index (χ1) is 6.11. The quantitative estimate of drug-likeness (QED) is 0.259. The SMILES string of the molecule is CCOC(=O)CC(=O)C(=O)OCC.[NaH].[NaH]. The van der Waals surface area contributed by atoms with Crippen LogP contribution in [0.15, 0.2) is 0 Å². The van der Waals surface area contributed by atoms with Crippen molar-refractivity contribution in [2.24, 2.45) is 0 Å². The van der Waals surface area contributed by atoms with Gasteiger partial charge in [0.25, 0.3) is 5.78 Å². The van der Waals surface area contributed by atoms with E-state index in [-0.39, 0.29) is 72.3 Å². The molecule has 78 valence electrons. The molecule has 0 radical (unpaired) electrons. The molecule has 0 heterocycles. The van der Waals surface area contributed by atoms with E-state index >= 15 is 0 Å². The fourth-order valence-corrected chi connectivity index (χ4v) is 0.627. The van der Waals surface area contributed by atoms with E-state index in [2.05, 4.69) is 9.47 Å². The molecule has 0 aromatic heterocycles. The van der Waals surface area contributed by atoms with Gasteiger partial charge in [0.2, 0.25) is 0 Å². The predicted molar refractivity (Wildman–Crippen MR) is 57.2 cm³/mol. The first kappa shape index (κ1) is 21.0. The Morgan fingerprint density at radius 3 is 1.80 bits per heavy atom. The van der Waals surface area contributed by atoms with Crippen LogP contribution in [0.2, 0.25) is 0 Å². The van der Waals surface area contributed by atoms with Gasteiger partial charge in [-0.1, -0.05) is 0 Å². The first-order valence-corrected chi connectivity index (χ1v) is 3.97. The van der Waals surface area contributed by atoms with Crippen molar-refractivity contribution in [2.45, 2.75) is 20.3 Å². The van der Waals surface area contributed by atoms with E-state index in [4.69, 9.17) is 0 Å². The van der Waals surface area contributed by atoms with Crippen molar-refractivity contribution in [1.29, 1.82) is 0 Å². The van der Waals surface area contributed by atoms with Gasteiger partial charge in [-0.15, -0.1) is 0 Å². The summed E-state index contributed by atoms with van der Waals surface area (Å²) in [6, 6.07) is 0. The van der Waals surface area contributed by atoms with Crippen molar-refractivity contribution in [1.82, 2.24) is 0 Å². The molecule has 0 rings (SSSR count). The average Bonchev–Trinajstić information content (AvgIpc) is 2.05. The summed E-state index contributed by atoms with van der Waals surface area (Å²) in [5, 5.41) is 0. The van der Waals surface area contributed by atoms with Crippen LogP contribution in [0, 0.1) is 0 Å². The van der Waals surface area contributed by atoms with Gasteiger partial charge in [-0.05, 0) is 13.8 Å². The second kappa shape index (κ2) is 12.7. The Morgan fingerprint density at radius 1 is 0.933 bits per heavy atom. The average molecular weight is 236 g/mol. The minimum absolute atomic E-state index is 0. The van der Waals surface area contributed by atoms with E-state index in [9.17, 15) is 14.4 Å². The molecule has 0 saturated heterocycles. The summed E-state index contributed by atoms with van der Waals surface area (Å²) in [7, 11) is 0. The molecule has 0 bridgehead atoms. The van der Waals surface area contributed by atoms with Crippen LogP contribution in [0.4, 0.5) is 0 Å². The van der Waals surface area contributed by atoms with Gasteiger partial charge in [-0.3, -0.25) is 9.59 Å². The number of rotatable bonds is 5. The number of hydrogen-bond donors (Lipinski definition) is 0. The van der Waals surface area contributed by atoms with E-state index in [1.165, 1.54) is 0 Å². The normalized spacial score (nSPS) is 7.87. The number of ketones is 1. The Labute approximate surface area is 133 Å². The number of carbonyl (C=O) groups excluding carboxylic acids is 3. The third kappa shape index (κ3) is 10.9. The molecule has 0 atom stereocenters. The molecule has 0 aliphatic rings. The van der Waals surface area contributed by atoms with Crippen LogP contribution in [0.1, 0.15) is 20.3 Å². The summed E-state index contributed by atoms with van der Waals surface area (Å²) >= 11 is 0.